The van der Waals surface area contributed by atoms with Crippen LogP contribution in [0.2, 0.25) is 0 Å². The van der Waals surface area contributed by atoms with Crippen LogP contribution < -0.4 is 5.48 Å². The molecule has 0 saturated heterocycles. The average Bonchev–Trinajstić information content (AvgIpc) is 2.15. The minimum Gasteiger partial charge on any atom is -0.504 e. The second-order valence-electron chi connectivity index (χ2n) is 2.28. The molecule has 78 valence electrons. The van der Waals surface area contributed by atoms with Gasteiger partial charge in [-0.1, -0.05) is 0 Å². The SMILES string of the molecule is CNO/C(C)=C/C(/C=C/OC)=NC=N. The zero-order valence-electron chi connectivity index (χ0n) is 8.57. The predicted molar refractivity (Wildman–Crippen MR) is 56.3 cm³/mol. The molecule has 0 atom stereocenters. The molecule has 0 aliphatic rings. The molecule has 0 amide bonds. The Labute approximate surface area is 83.6 Å². The van der Waals surface area contributed by atoms with Crippen LogP contribution in [0, 0.1) is 5.41 Å². The van der Waals surface area contributed by atoms with Crippen molar-refractivity contribution in [3.63, 3.8) is 0 Å². The maximum absolute atomic E-state index is 6.84. The van der Waals surface area contributed by atoms with E-state index in [2.05, 4.69) is 10.5 Å². The van der Waals surface area contributed by atoms with Crippen LogP contribution in [0.1, 0.15) is 6.92 Å². The quantitative estimate of drug-likeness (QED) is 0.291. The maximum atomic E-state index is 6.84. The van der Waals surface area contributed by atoms with E-state index in [4.69, 9.17) is 15.0 Å². The van der Waals surface area contributed by atoms with Crippen LogP contribution in [0.5, 0.6) is 0 Å². The van der Waals surface area contributed by atoms with Crippen LogP contribution in [0.3, 0.4) is 0 Å². The number of methoxy groups -OCH3 is 1. The first kappa shape index (κ1) is 12.4. The van der Waals surface area contributed by atoms with Crippen LogP contribution in [0.25, 0.3) is 0 Å². The van der Waals surface area contributed by atoms with Crippen molar-refractivity contribution < 1.29 is 9.57 Å². The summed E-state index contributed by atoms with van der Waals surface area (Å²) in [6, 6.07) is 0. The van der Waals surface area contributed by atoms with Gasteiger partial charge in [-0.25, -0.2) is 4.99 Å². The number of allylic oxidation sites excluding steroid dienone is 3. The van der Waals surface area contributed by atoms with Crippen molar-refractivity contribution in [3.8, 4) is 0 Å². The highest BCUT2D eigenvalue weighted by atomic mass is 16.6. The average molecular weight is 197 g/mol. The van der Waals surface area contributed by atoms with Crippen molar-refractivity contribution in [2.24, 2.45) is 4.99 Å². The third-order valence-electron chi connectivity index (χ3n) is 1.20. The Balaban J connectivity index is 4.51. The lowest BCUT2D eigenvalue weighted by Gasteiger charge is -2.01. The first-order valence-corrected chi connectivity index (χ1v) is 4.02. The minimum absolute atomic E-state index is 0.578. The number of hydrogen-bond donors (Lipinski definition) is 2. The van der Waals surface area contributed by atoms with E-state index in [1.54, 1.807) is 33.2 Å². The zero-order chi connectivity index (χ0) is 10.8. The first-order valence-electron chi connectivity index (χ1n) is 4.02. The predicted octanol–water partition coefficient (Wildman–Crippen LogP) is 1.25. The van der Waals surface area contributed by atoms with Gasteiger partial charge in [0, 0.05) is 13.1 Å². The minimum atomic E-state index is 0.578. The van der Waals surface area contributed by atoms with E-state index in [-0.39, 0.29) is 0 Å². The van der Waals surface area contributed by atoms with Crippen LogP contribution in [-0.2, 0) is 9.57 Å². The number of aliphatic imine (C=N–C) groups is 1. The summed E-state index contributed by atoms with van der Waals surface area (Å²) in [5.41, 5.74) is 3.11. The second kappa shape index (κ2) is 8.00. The van der Waals surface area contributed by atoms with Gasteiger partial charge < -0.3 is 9.57 Å². The molecule has 0 aromatic heterocycles. The Morgan fingerprint density at radius 1 is 1.50 bits per heavy atom. The van der Waals surface area contributed by atoms with Gasteiger partial charge in [0.05, 0.1) is 19.1 Å². The molecule has 0 aromatic carbocycles. The summed E-state index contributed by atoms with van der Waals surface area (Å²) in [6.07, 6.45) is 5.74. The van der Waals surface area contributed by atoms with Gasteiger partial charge >= 0.3 is 0 Å². The zero-order valence-corrected chi connectivity index (χ0v) is 8.57. The van der Waals surface area contributed by atoms with Crippen LogP contribution in [0.15, 0.2) is 29.2 Å². The second-order valence-corrected chi connectivity index (χ2v) is 2.28. The van der Waals surface area contributed by atoms with E-state index in [1.165, 1.54) is 6.26 Å². The van der Waals surface area contributed by atoms with Crippen molar-refractivity contribution in [3.05, 3.63) is 24.2 Å². The van der Waals surface area contributed by atoms with E-state index in [0.29, 0.717) is 11.5 Å². The summed E-state index contributed by atoms with van der Waals surface area (Å²) in [7, 11) is 3.20. The summed E-state index contributed by atoms with van der Waals surface area (Å²) >= 11 is 0. The molecule has 0 aliphatic carbocycles. The summed E-state index contributed by atoms with van der Waals surface area (Å²) in [6.45, 7) is 1.77. The van der Waals surface area contributed by atoms with Crippen molar-refractivity contribution in [1.82, 2.24) is 5.48 Å². The largest absolute Gasteiger partial charge is 0.504 e. The van der Waals surface area contributed by atoms with Crippen LogP contribution in [-0.4, -0.2) is 26.2 Å². The van der Waals surface area contributed by atoms with Crippen molar-refractivity contribution >= 4 is 12.1 Å². The van der Waals surface area contributed by atoms with Crippen molar-refractivity contribution in [2.45, 2.75) is 6.92 Å². The Morgan fingerprint density at radius 2 is 2.21 bits per heavy atom. The van der Waals surface area contributed by atoms with Gasteiger partial charge in [0.1, 0.15) is 12.1 Å². The van der Waals surface area contributed by atoms with Gasteiger partial charge in [-0.3, -0.25) is 5.41 Å². The normalized spacial score (nSPS) is 13.1. The summed E-state index contributed by atoms with van der Waals surface area (Å²) in [5.74, 6) is 0.647. The number of ether oxygens (including phenoxy) is 1. The highest BCUT2D eigenvalue weighted by Crippen LogP contribution is 1.95. The standard InChI is InChI=1S/C9H15N3O2/c1-8(14-11-2)6-9(12-7-10)4-5-13-3/h4-7,10-11H,1-3H3/b5-4+,8-6+,10-7?,12-9?. The van der Waals surface area contributed by atoms with Gasteiger partial charge in [0.25, 0.3) is 0 Å². The molecule has 0 bridgehead atoms. The molecule has 5 heteroatoms. The first-order chi connectivity index (χ1) is 6.74. The van der Waals surface area contributed by atoms with Gasteiger partial charge in [-0.2, -0.15) is 5.48 Å². The molecule has 5 nitrogen and oxygen atoms in total. The highest BCUT2D eigenvalue weighted by molar-refractivity contribution is 6.07. The molecule has 0 saturated carbocycles. The van der Waals surface area contributed by atoms with E-state index in [0.717, 1.165) is 6.34 Å². The van der Waals surface area contributed by atoms with E-state index >= 15 is 0 Å². The monoisotopic (exact) mass is 197 g/mol. The van der Waals surface area contributed by atoms with Crippen molar-refractivity contribution in [2.75, 3.05) is 14.2 Å². The smallest absolute Gasteiger partial charge is 0.123 e. The van der Waals surface area contributed by atoms with Gasteiger partial charge in [0.2, 0.25) is 0 Å². The number of nitrogens with zero attached hydrogens (tertiary/aromatic N) is 1. The van der Waals surface area contributed by atoms with Gasteiger partial charge in [-0.15, -0.1) is 0 Å². The molecule has 0 heterocycles. The van der Waals surface area contributed by atoms with Crippen LogP contribution in [0.4, 0.5) is 0 Å². The Hall–Kier alpha value is -1.62. The fourth-order valence-electron chi connectivity index (χ4n) is 0.739. The fraction of sp³-hybridized carbons (Fsp3) is 0.333. The Morgan fingerprint density at radius 3 is 2.71 bits per heavy atom. The molecule has 0 unspecified atom stereocenters. The molecule has 0 spiro atoms. The number of hydroxylamine groups is 1. The molecule has 0 radical (unpaired) electrons. The summed E-state index contributed by atoms with van der Waals surface area (Å²) < 4.78 is 4.74. The molecule has 2 N–H and O–H groups in total. The van der Waals surface area contributed by atoms with E-state index in [9.17, 15) is 0 Å². The highest BCUT2D eigenvalue weighted by Gasteiger charge is 1.92. The molecule has 0 fully saturated rings. The Bertz CT molecular complexity index is 257. The third kappa shape index (κ3) is 5.96. The maximum Gasteiger partial charge on any atom is 0.123 e. The molecular weight excluding hydrogens is 182 g/mol. The summed E-state index contributed by atoms with van der Waals surface area (Å²) in [4.78, 5) is 8.77. The molecule has 0 rings (SSSR count). The van der Waals surface area contributed by atoms with Crippen molar-refractivity contribution in [1.29, 1.82) is 5.41 Å². The topological polar surface area (TPSA) is 66.7 Å². The lowest BCUT2D eigenvalue weighted by atomic mass is 10.3. The summed E-state index contributed by atoms with van der Waals surface area (Å²) in [5, 5.41) is 6.84. The molecule has 14 heavy (non-hydrogen) atoms. The molecule has 0 aliphatic heterocycles. The van der Waals surface area contributed by atoms with E-state index in [1.807, 2.05) is 0 Å². The van der Waals surface area contributed by atoms with Crippen LogP contribution >= 0.6 is 0 Å². The number of rotatable bonds is 6. The lowest BCUT2D eigenvalue weighted by Crippen LogP contribution is -2.06. The lowest BCUT2D eigenvalue weighted by molar-refractivity contribution is 0.128. The third-order valence-corrected chi connectivity index (χ3v) is 1.20. The Kier molecular flexibility index (Phi) is 7.07. The molecular formula is C9H15N3O2. The molecule has 0 aromatic rings. The van der Waals surface area contributed by atoms with Gasteiger partial charge in [0.15, 0.2) is 0 Å². The fourth-order valence-corrected chi connectivity index (χ4v) is 0.739. The van der Waals surface area contributed by atoms with Gasteiger partial charge in [-0.05, 0) is 13.0 Å². The number of hydrogen-bond acceptors (Lipinski definition) is 4. The number of nitrogens with one attached hydrogen (secondary N) is 2. The van der Waals surface area contributed by atoms with E-state index < -0.39 is 0 Å².